The van der Waals surface area contributed by atoms with Crippen LogP contribution in [0.25, 0.3) is 10.8 Å². The summed E-state index contributed by atoms with van der Waals surface area (Å²) in [6.07, 6.45) is -0.238. The van der Waals surface area contributed by atoms with Crippen LogP contribution in [0.4, 0.5) is 0 Å². The molecule has 0 aliphatic heterocycles. The first kappa shape index (κ1) is 17.0. The fourth-order valence-corrected chi connectivity index (χ4v) is 2.45. The number of carboxylic acid groups (broad SMARTS) is 1. The van der Waals surface area contributed by atoms with Gasteiger partial charge in [-0.25, -0.2) is 0 Å². The Labute approximate surface area is 135 Å². The van der Waals surface area contributed by atoms with Gasteiger partial charge in [-0.2, -0.15) is 0 Å². The van der Waals surface area contributed by atoms with Crippen LogP contribution in [0.15, 0.2) is 42.5 Å². The molecule has 0 aliphatic carbocycles. The summed E-state index contributed by atoms with van der Waals surface area (Å²) in [4.78, 5) is 23.2. The average molecular weight is 315 g/mol. The van der Waals surface area contributed by atoms with Crippen molar-refractivity contribution in [3.05, 3.63) is 48.0 Å². The number of fused-ring (bicyclic) bond motifs is 1. The number of carbonyl (C=O) groups excluding carboxylic acids is 1. The van der Waals surface area contributed by atoms with Crippen LogP contribution in [0.3, 0.4) is 0 Å². The van der Waals surface area contributed by atoms with E-state index < -0.39 is 12.0 Å². The molecule has 0 aromatic heterocycles. The zero-order valence-electron chi connectivity index (χ0n) is 13.3. The van der Waals surface area contributed by atoms with Crippen molar-refractivity contribution in [1.29, 1.82) is 0 Å². The summed E-state index contributed by atoms with van der Waals surface area (Å²) >= 11 is 0. The molecule has 5 heteroatoms. The van der Waals surface area contributed by atoms with Crippen LogP contribution in [0, 0.1) is 0 Å². The highest BCUT2D eigenvalue weighted by Gasteiger charge is 2.20. The minimum Gasteiger partial charge on any atom is -0.481 e. The summed E-state index contributed by atoms with van der Waals surface area (Å²) in [6, 6.07) is 12.8. The van der Waals surface area contributed by atoms with Gasteiger partial charge in [0.25, 0.3) is 0 Å². The second kappa shape index (κ2) is 7.74. The van der Waals surface area contributed by atoms with Gasteiger partial charge in [0.2, 0.25) is 5.91 Å². The van der Waals surface area contributed by atoms with Crippen molar-refractivity contribution < 1.29 is 19.4 Å². The number of aliphatic carboxylic acids is 1. The summed E-state index contributed by atoms with van der Waals surface area (Å²) in [7, 11) is 0. The molecule has 2 rings (SSSR count). The fraction of sp³-hybridized carbons (Fsp3) is 0.333. The van der Waals surface area contributed by atoms with Gasteiger partial charge in [-0.3, -0.25) is 9.59 Å². The largest absolute Gasteiger partial charge is 0.481 e. The van der Waals surface area contributed by atoms with E-state index in [-0.39, 0.29) is 25.0 Å². The molecule has 5 nitrogen and oxygen atoms in total. The molecule has 0 unspecified atom stereocenters. The van der Waals surface area contributed by atoms with Crippen LogP contribution in [-0.4, -0.2) is 29.7 Å². The van der Waals surface area contributed by atoms with Gasteiger partial charge in [0.05, 0.1) is 18.6 Å². The number of carbonyl (C=O) groups is 2. The van der Waals surface area contributed by atoms with Crippen LogP contribution in [0.2, 0.25) is 0 Å². The van der Waals surface area contributed by atoms with Crippen molar-refractivity contribution in [2.75, 3.05) is 6.61 Å². The van der Waals surface area contributed by atoms with Crippen molar-refractivity contribution in [3.8, 4) is 0 Å². The predicted octanol–water partition coefficient (Wildman–Crippen LogP) is 2.90. The number of hydrogen-bond acceptors (Lipinski definition) is 3. The number of ether oxygens (including phenoxy) is 1. The van der Waals surface area contributed by atoms with Crippen molar-refractivity contribution >= 4 is 22.6 Å². The van der Waals surface area contributed by atoms with E-state index in [9.17, 15) is 9.59 Å². The Kier molecular flexibility index (Phi) is 5.71. The van der Waals surface area contributed by atoms with Gasteiger partial charge in [-0.1, -0.05) is 42.5 Å². The normalized spacial score (nSPS) is 12.3. The van der Waals surface area contributed by atoms with Gasteiger partial charge in [0, 0.05) is 0 Å². The molecular formula is C18H21NO4. The lowest BCUT2D eigenvalue weighted by Crippen LogP contribution is -2.33. The minimum atomic E-state index is -0.965. The monoisotopic (exact) mass is 315 g/mol. The van der Waals surface area contributed by atoms with Crippen LogP contribution in [0.1, 0.15) is 31.9 Å². The number of hydrogen-bond donors (Lipinski definition) is 2. The maximum absolute atomic E-state index is 12.0. The zero-order chi connectivity index (χ0) is 16.8. The minimum absolute atomic E-state index is 0.0590. The van der Waals surface area contributed by atoms with Crippen LogP contribution in [0.5, 0.6) is 0 Å². The van der Waals surface area contributed by atoms with Gasteiger partial charge in [0.1, 0.15) is 6.61 Å². The Morgan fingerprint density at radius 2 is 1.83 bits per heavy atom. The molecule has 2 N–H and O–H groups in total. The standard InChI is InChI=1S/C18H21NO4/c1-12(2)23-11-17(20)19-16(10-18(21)22)15-9-5-7-13-6-3-4-8-14(13)15/h3-9,12,16H,10-11H2,1-2H3,(H,19,20)(H,21,22)/t16-/m1/s1. The van der Waals surface area contributed by atoms with E-state index in [1.807, 2.05) is 56.3 Å². The van der Waals surface area contributed by atoms with E-state index >= 15 is 0 Å². The Balaban J connectivity index is 2.26. The van der Waals surface area contributed by atoms with Crippen molar-refractivity contribution in [3.63, 3.8) is 0 Å². The van der Waals surface area contributed by atoms with Crippen molar-refractivity contribution in [2.24, 2.45) is 0 Å². The van der Waals surface area contributed by atoms with Gasteiger partial charge < -0.3 is 15.2 Å². The maximum Gasteiger partial charge on any atom is 0.305 e. The molecule has 23 heavy (non-hydrogen) atoms. The molecule has 0 spiro atoms. The van der Waals surface area contributed by atoms with Gasteiger partial charge in [-0.05, 0) is 30.2 Å². The lowest BCUT2D eigenvalue weighted by molar-refractivity contribution is -0.138. The molecule has 0 radical (unpaired) electrons. The number of benzene rings is 2. The lowest BCUT2D eigenvalue weighted by atomic mass is 9.96. The molecule has 122 valence electrons. The van der Waals surface area contributed by atoms with E-state index in [1.54, 1.807) is 0 Å². The van der Waals surface area contributed by atoms with Crippen LogP contribution < -0.4 is 5.32 Å². The first-order valence-electron chi connectivity index (χ1n) is 7.58. The Bertz CT molecular complexity index is 691. The Morgan fingerprint density at radius 3 is 2.52 bits per heavy atom. The Morgan fingerprint density at radius 1 is 1.13 bits per heavy atom. The number of nitrogens with one attached hydrogen (secondary N) is 1. The third-order valence-electron chi connectivity index (χ3n) is 3.46. The summed E-state index contributed by atoms with van der Waals surface area (Å²) in [5.41, 5.74) is 0.795. The highest BCUT2D eigenvalue weighted by molar-refractivity contribution is 5.87. The first-order chi connectivity index (χ1) is 11.0. The molecule has 0 aliphatic rings. The van der Waals surface area contributed by atoms with E-state index in [2.05, 4.69) is 5.32 Å². The fourth-order valence-electron chi connectivity index (χ4n) is 2.45. The molecule has 0 heterocycles. The van der Waals surface area contributed by atoms with E-state index in [0.717, 1.165) is 16.3 Å². The number of amides is 1. The summed E-state index contributed by atoms with van der Waals surface area (Å²) in [6.45, 7) is 3.60. The quantitative estimate of drug-likeness (QED) is 0.824. The molecule has 1 atom stereocenters. The van der Waals surface area contributed by atoms with Crippen molar-refractivity contribution in [1.82, 2.24) is 5.32 Å². The molecule has 0 bridgehead atoms. The van der Waals surface area contributed by atoms with Gasteiger partial charge in [0.15, 0.2) is 0 Å². The van der Waals surface area contributed by atoms with Crippen LogP contribution in [-0.2, 0) is 14.3 Å². The maximum atomic E-state index is 12.0. The number of rotatable bonds is 7. The van der Waals surface area contributed by atoms with E-state index in [4.69, 9.17) is 9.84 Å². The lowest BCUT2D eigenvalue weighted by Gasteiger charge is -2.20. The highest BCUT2D eigenvalue weighted by atomic mass is 16.5. The topological polar surface area (TPSA) is 75.6 Å². The molecule has 0 saturated heterocycles. The predicted molar refractivity (Wildman–Crippen MR) is 88.2 cm³/mol. The SMILES string of the molecule is CC(C)OCC(=O)N[C@H](CC(=O)O)c1cccc2ccccc12. The molecule has 2 aromatic carbocycles. The highest BCUT2D eigenvalue weighted by Crippen LogP contribution is 2.26. The summed E-state index contributed by atoms with van der Waals surface area (Å²) in [5.74, 6) is -1.29. The molecule has 2 aromatic rings. The van der Waals surface area contributed by atoms with Gasteiger partial charge in [-0.15, -0.1) is 0 Å². The third-order valence-corrected chi connectivity index (χ3v) is 3.46. The second-order valence-corrected chi connectivity index (χ2v) is 5.65. The molecule has 0 fully saturated rings. The zero-order valence-corrected chi connectivity index (χ0v) is 13.3. The van der Waals surface area contributed by atoms with Gasteiger partial charge >= 0.3 is 5.97 Å². The van der Waals surface area contributed by atoms with E-state index in [1.165, 1.54) is 0 Å². The summed E-state index contributed by atoms with van der Waals surface area (Å²) in [5, 5.41) is 13.9. The molecule has 1 amide bonds. The average Bonchev–Trinajstić information content (AvgIpc) is 2.51. The van der Waals surface area contributed by atoms with Crippen LogP contribution >= 0.6 is 0 Å². The van der Waals surface area contributed by atoms with E-state index in [0.29, 0.717) is 0 Å². The third kappa shape index (κ3) is 4.79. The Hall–Kier alpha value is -2.40. The second-order valence-electron chi connectivity index (χ2n) is 5.65. The number of carboxylic acids is 1. The molecule has 0 saturated carbocycles. The first-order valence-corrected chi connectivity index (χ1v) is 7.58. The smallest absolute Gasteiger partial charge is 0.305 e. The summed E-state index contributed by atoms with van der Waals surface area (Å²) < 4.78 is 5.27. The van der Waals surface area contributed by atoms with Crippen molar-refractivity contribution in [2.45, 2.75) is 32.4 Å². The molecular weight excluding hydrogens is 294 g/mol.